The zero-order valence-electron chi connectivity index (χ0n) is 10.3. The number of nitrogens with two attached hydrogens (primary N) is 1. The molecule has 0 aromatic heterocycles. The van der Waals surface area contributed by atoms with Crippen LogP contribution in [0.4, 0.5) is 0 Å². The lowest BCUT2D eigenvalue weighted by Crippen LogP contribution is -2.33. The number of guanidine groups is 1. The maximum atomic E-state index is 5.79. The maximum absolute atomic E-state index is 5.79. The molecule has 3 heteroatoms. The predicted molar refractivity (Wildman–Crippen MR) is 65.9 cm³/mol. The third kappa shape index (κ3) is 4.54. The van der Waals surface area contributed by atoms with Crippen LogP contribution in [0.1, 0.15) is 46.5 Å². The molecular weight excluding hydrogens is 186 g/mol. The summed E-state index contributed by atoms with van der Waals surface area (Å²) in [5, 5.41) is 3.17. The summed E-state index contributed by atoms with van der Waals surface area (Å²) in [7, 11) is 0. The summed E-state index contributed by atoms with van der Waals surface area (Å²) in [6.45, 7) is 8.51. The second kappa shape index (κ2) is 5.38. The minimum Gasteiger partial charge on any atom is -0.370 e. The van der Waals surface area contributed by atoms with E-state index in [9.17, 15) is 0 Å². The molecule has 1 rings (SSSR count). The molecule has 3 nitrogen and oxygen atoms in total. The average Bonchev–Trinajstić information content (AvgIpc) is 2.95. The Hall–Kier alpha value is -0.730. The van der Waals surface area contributed by atoms with Crippen LogP contribution < -0.4 is 11.1 Å². The molecular formula is C12H25N3. The van der Waals surface area contributed by atoms with Crippen molar-refractivity contribution in [3.63, 3.8) is 0 Å². The van der Waals surface area contributed by atoms with Crippen molar-refractivity contribution in [1.82, 2.24) is 5.32 Å². The van der Waals surface area contributed by atoms with E-state index in [0.29, 0.717) is 11.4 Å². The topological polar surface area (TPSA) is 50.4 Å². The zero-order chi connectivity index (χ0) is 11.3. The number of rotatable bonds is 6. The van der Waals surface area contributed by atoms with E-state index in [0.717, 1.165) is 25.4 Å². The third-order valence-corrected chi connectivity index (χ3v) is 3.32. The molecule has 0 aliphatic heterocycles. The molecule has 1 fully saturated rings. The molecule has 0 amide bonds. The van der Waals surface area contributed by atoms with Gasteiger partial charge in [0.25, 0.3) is 0 Å². The van der Waals surface area contributed by atoms with Gasteiger partial charge in [-0.3, -0.25) is 4.99 Å². The molecule has 0 aromatic rings. The largest absolute Gasteiger partial charge is 0.370 e. The lowest BCUT2D eigenvalue weighted by molar-refractivity contribution is 0.504. The fraction of sp³-hybridized carbons (Fsp3) is 0.917. The van der Waals surface area contributed by atoms with Crippen LogP contribution in [-0.2, 0) is 0 Å². The molecule has 0 radical (unpaired) electrons. The molecule has 15 heavy (non-hydrogen) atoms. The van der Waals surface area contributed by atoms with E-state index in [1.54, 1.807) is 0 Å². The first-order chi connectivity index (χ1) is 7.08. The van der Waals surface area contributed by atoms with Crippen molar-refractivity contribution in [1.29, 1.82) is 0 Å². The number of nitrogens with zero attached hydrogens (tertiary/aromatic N) is 1. The Bertz CT molecular complexity index is 217. The normalized spacial score (nSPS) is 19.3. The number of aliphatic imine (C=N–C) groups is 1. The average molecular weight is 211 g/mol. The van der Waals surface area contributed by atoms with Gasteiger partial charge in [0, 0.05) is 13.1 Å². The minimum absolute atomic E-state index is 0.504. The van der Waals surface area contributed by atoms with E-state index in [4.69, 9.17) is 5.73 Å². The van der Waals surface area contributed by atoms with Crippen LogP contribution in [0.15, 0.2) is 4.99 Å². The Morgan fingerprint density at radius 3 is 2.60 bits per heavy atom. The molecule has 0 bridgehead atoms. The van der Waals surface area contributed by atoms with Crippen LogP contribution in [0.3, 0.4) is 0 Å². The summed E-state index contributed by atoms with van der Waals surface area (Å²) < 4.78 is 0. The van der Waals surface area contributed by atoms with Crippen molar-refractivity contribution in [2.45, 2.75) is 46.5 Å². The molecule has 0 heterocycles. The number of hydrogen-bond acceptors (Lipinski definition) is 1. The summed E-state index contributed by atoms with van der Waals surface area (Å²) in [6, 6.07) is 0. The van der Waals surface area contributed by atoms with Crippen molar-refractivity contribution < 1.29 is 0 Å². The Morgan fingerprint density at radius 2 is 2.13 bits per heavy atom. The van der Waals surface area contributed by atoms with Crippen molar-refractivity contribution in [3.8, 4) is 0 Å². The van der Waals surface area contributed by atoms with Crippen molar-refractivity contribution in [3.05, 3.63) is 0 Å². The first-order valence-electron chi connectivity index (χ1n) is 6.12. The van der Waals surface area contributed by atoms with Gasteiger partial charge in [0.05, 0.1) is 0 Å². The molecule has 0 unspecified atom stereocenters. The predicted octanol–water partition coefficient (Wildman–Crippen LogP) is 2.13. The van der Waals surface area contributed by atoms with E-state index in [-0.39, 0.29) is 0 Å². The van der Waals surface area contributed by atoms with Gasteiger partial charge in [-0.1, -0.05) is 20.8 Å². The SMILES string of the molecule is CCC1(CN=C(N)NCCC(C)C)CC1. The highest BCUT2D eigenvalue weighted by Gasteiger charge is 2.40. The van der Waals surface area contributed by atoms with Gasteiger partial charge in [-0.25, -0.2) is 0 Å². The van der Waals surface area contributed by atoms with Gasteiger partial charge >= 0.3 is 0 Å². The standard InChI is InChI=1S/C12H25N3/c1-4-12(6-7-12)9-15-11(13)14-8-5-10(2)3/h10H,4-9H2,1-3H3,(H3,13,14,15). The molecule has 3 N–H and O–H groups in total. The van der Waals surface area contributed by atoms with E-state index < -0.39 is 0 Å². The second-order valence-electron chi connectivity index (χ2n) is 5.16. The van der Waals surface area contributed by atoms with Crippen molar-refractivity contribution in [2.24, 2.45) is 22.1 Å². The van der Waals surface area contributed by atoms with Crippen LogP contribution in [-0.4, -0.2) is 19.0 Å². The van der Waals surface area contributed by atoms with Gasteiger partial charge in [-0.05, 0) is 37.0 Å². The Labute approximate surface area is 93.5 Å². The summed E-state index contributed by atoms with van der Waals surface area (Å²) in [5.74, 6) is 1.34. The third-order valence-electron chi connectivity index (χ3n) is 3.32. The molecule has 1 aliphatic carbocycles. The second-order valence-corrected chi connectivity index (χ2v) is 5.16. The highest BCUT2D eigenvalue weighted by atomic mass is 15.1. The van der Waals surface area contributed by atoms with E-state index in [1.807, 2.05) is 0 Å². The van der Waals surface area contributed by atoms with Crippen LogP contribution in [0.2, 0.25) is 0 Å². The molecule has 0 saturated heterocycles. The van der Waals surface area contributed by atoms with E-state index in [2.05, 4.69) is 31.1 Å². The summed E-state index contributed by atoms with van der Waals surface area (Å²) >= 11 is 0. The molecule has 0 atom stereocenters. The van der Waals surface area contributed by atoms with E-state index >= 15 is 0 Å². The van der Waals surface area contributed by atoms with Crippen LogP contribution in [0.25, 0.3) is 0 Å². The van der Waals surface area contributed by atoms with Crippen LogP contribution in [0.5, 0.6) is 0 Å². The lowest BCUT2D eigenvalue weighted by atomic mass is 10.1. The zero-order valence-corrected chi connectivity index (χ0v) is 10.3. The number of nitrogens with one attached hydrogen (secondary N) is 1. The summed E-state index contributed by atoms with van der Waals surface area (Å²) in [6.07, 6.45) is 5.03. The van der Waals surface area contributed by atoms with Crippen molar-refractivity contribution in [2.75, 3.05) is 13.1 Å². The Kier molecular flexibility index (Phi) is 4.43. The summed E-state index contributed by atoms with van der Waals surface area (Å²) in [4.78, 5) is 4.41. The number of hydrogen-bond donors (Lipinski definition) is 2. The highest BCUT2D eigenvalue weighted by Crippen LogP contribution is 2.48. The fourth-order valence-electron chi connectivity index (χ4n) is 1.60. The molecule has 1 aliphatic rings. The Balaban J connectivity index is 2.16. The van der Waals surface area contributed by atoms with Gasteiger partial charge in [-0.15, -0.1) is 0 Å². The molecule has 0 aromatic carbocycles. The van der Waals surface area contributed by atoms with Crippen LogP contribution >= 0.6 is 0 Å². The first-order valence-corrected chi connectivity index (χ1v) is 6.12. The van der Waals surface area contributed by atoms with E-state index in [1.165, 1.54) is 19.3 Å². The fourth-order valence-corrected chi connectivity index (χ4v) is 1.60. The minimum atomic E-state index is 0.504. The first kappa shape index (κ1) is 12.3. The highest BCUT2D eigenvalue weighted by molar-refractivity contribution is 5.77. The monoisotopic (exact) mass is 211 g/mol. The molecule has 1 saturated carbocycles. The van der Waals surface area contributed by atoms with Gasteiger partial charge in [0.1, 0.15) is 0 Å². The quantitative estimate of drug-likeness (QED) is 0.522. The molecule has 88 valence electrons. The summed E-state index contributed by atoms with van der Waals surface area (Å²) in [5.41, 5.74) is 6.29. The lowest BCUT2D eigenvalue weighted by Gasteiger charge is -2.10. The van der Waals surface area contributed by atoms with Crippen LogP contribution in [0, 0.1) is 11.3 Å². The van der Waals surface area contributed by atoms with Crippen molar-refractivity contribution >= 4 is 5.96 Å². The maximum Gasteiger partial charge on any atom is 0.188 e. The van der Waals surface area contributed by atoms with Gasteiger partial charge < -0.3 is 11.1 Å². The van der Waals surface area contributed by atoms with Gasteiger partial charge in [0.15, 0.2) is 5.96 Å². The smallest absolute Gasteiger partial charge is 0.188 e. The molecule has 0 spiro atoms. The Morgan fingerprint density at radius 1 is 1.47 bits per heavy atom. The van der Waals surface area contributed by atoms with Gasteiger partial charge in [0.2, 0.25) is 0 Å². The van der Waals surface area contributed by atoms with Gasteiger partial charge in [-0.2, -0.15) is 0 Å².